The zero-order chi connectivity index (χ0) is 21.0. The van der Waals surface area contributed by atoms with Gasteiger partial charge in [0.2, 0.25) is 5.91 Å². The van der Waals surface area contributed by atoms with Gasteiger partial charge in [-0.2, -0.15) is 10.2 Å². The molecule has 1 aromatic carbocycles. The number of amides is 1. The molecule has 3 aromatic rings. The van der Waals surface area contributed by atoms with E-state index in [-0.39, 0.29) is 5.91 Å². The number of aryl methyl sites for hydroxylation is 1. The highest BCUT2D eigenvalue weighted by molar-refractivity contribution is 5.95. The monoisotopic (exact) mass is 396 g/mol. The van der Waals surface area contributed by atoms with Gasteiger partial charge in [-0.3, -0.25) is 9.48 Å². The number of hydrogen-bond donors (Lipinski definition) is 2. The summed E-state index contributed by atoms with van der Waals surface area (Å²) in [5.74, 6) is -0.615. The molecule has 152 valence electrons. The van der Waals surface area contributed by atoms with Crippen molar-refractivity contribution in [2.45, 2.75) is 19.9 Å². The van der Waals surface area contributed by atoms with E-state index in [0.29, 0.717) is 23.6 Å². The molecule has 1 atom stereocenters. The van der Waals surface area contributed by atoms with Crippen LogP contribution in [0.25, 0.3) is 5.69 Å². The van der Waals surface area contributed by atoms with Crippen LogP contribution in [0.5, 0.6) is 0 Å². The Morgan fingerprint density at radius 1 is 1.24 bits per heavy atom. The third-order valence-corrected chi connectivity index (χ3v) is 4.47. The van der Waals surface area contributed by atoms with Gasteiger partial charge in [-0.1, -0.05) is 6.07 Å². The third kappa shape index (κ3) is 4.35. The second kappa shape index (κ2) is 8.70. The van der Waals surface area contributed by atoms with Crippen LogP contribution < -0.4 is 10.6 Å². The summed E-state index contributed by atoms with van der Waals surface area (Å²) in [4.78, 5) is 24.8. The smallest absolute Gasteiger partial charge is 0.341 e. The van der Waals surface area contributed by atoms with Crippen LogP contribution in [0.2, 0.25) is 0 Å². The van der Waals surface area contributed by atoms with Crippen LogP contribution in [0.1, 0.15) is 34.6 Å². The topological polar surface area (TPSA) is 103 Å². The Bertz CT molecular complexity index is 1020. The van der Waals surface area contributed by atoms with Crippen LogP contribution in [0, 0.1) is 6.92 Å². The summed E-state index contributed by atoms with van der Waals surface area (Å²) < 4.78 is 8.34. The Morgan fingerprint density at radius 3 is 2.69 bits per heavy atom. The Labute approximate surface area is 168 Å². The van der Waals surface area contributed by atoms with Crippen LogP contribution in [0.3, 0.4) is 0 Å². The zero-order valence-corrected chi connectivity index (χ0v) is 16.8. The van der Waals surface area contributed by atoms with Crippen molar-refractivity contribution in [1.82, 2.24) is 24.9 Å². The van der Waals surface area contributed by atoms with E-state index in [1.54, 1.807) is 61.8 Å². The predicted octanol–water partition coefficient (Wildman–Crippen LogP) is 1.99. The Kier molecular flexibility index (Phi) is 6.08. The number of rotatable bonds is 7. The highest BCUT2D eigenvalue weighted by atomic mass is 16.5. The summed E-state index contributed by atoms with van der Waals surface area (Å²) >= 11 is 0. The minimum absolute atomic E-state index is 0.206. The van der Waals surface area contributed by atoms with Crippen molar-refractivity contribution in [1.29, 1.82) is 0 Å². The first-order chi connectivity index (χ1) is 13.9. The Balaban J connectivity index is 1.81. The second-order valence-corrected chi connectivity index (χ2v) is 6.48. The normalized spacial score (nSPS) is 11.9. The molecule has 0 saturated carbocycles. The van der Waals surface area contributed by atoms with Gasteiger partial charge in [-0.05, 0) is 39.1 Å². The summed E-state index contributed by atoms with van der Waals surface area (Å²) in [6.45, 7) is 3.85. The van der Waals surface area contributed by atoms with Gasteiger partial charge in [0, 0.05) is 24.5 Å². The fraction of sp³-hybridized carbons (Fsp3) is 0.300. The van der Waals surface area contributed by atoms with Crippen LogP contribution in [0.15, 0.2) is 42.9 Å². The van der Waals surface area contributed by atoms with Crippen LogP contribution in [0.4, 0.5) is 5.69 Å². The van der Waals surface area contributed by atoms with Crippen LogP contribution in [-0.2, 0) is 16.6 Å². The number of nitrogens with zero attached hydrogens (tertiary/aromatic N) is 4. The first-order valence-electron chi connectivity index (χ1n) is 9.23. The molecule has 2 heterocycles. The third-order valence-electron chi connectivity index (χ3n) is 4.47. The van der Waals surface area contributed by atoms with E-state index in [1.807, 2.05) is 12.1 Å². The average molecular weight is 396 g/mol. The van der Waals surface area contributed by atoms with E-state index in [9.17, 15) is 9.59 Å². The number of benzene rings is 1. The number of hydrogen-bond acceptors (Lipinski definition) is 6. The van der Waals surface area contributed by atoms with E-state index in [4.69, 9.17) is 4.74 Å². The largest absolute Gasteiger partial charge is 0.462 e. The minimum Gasteiger partial charge on any atom is -0.462 e. The van der Waals surface area contributed by atoms with Crippen LogP contribution in [-0.4, -0.2) is 45.1 Å². The van der Waals surface area contributed by atoms with Gasteiger partial charge in [0.25, 0.3) is 0 Å². The van der Waals surface area contributed by atoms with Crippen LogP contribution >= 0.6 is 0 Å². The molecule has 2 N–H and O–H groups in total. The molecule has 0 fully saturated rings. The van der Waals surface area contributed by atoms with Crippen molar-refractivity contribution >= 4 is 17.6 Å². The van der Waals surface area contributed by atoms with Crippen molar-refractivity contribution in [3.05, 3.63) is 59.7 Å². The lowest BCUT2D eigenvalue weighted by atomic mass is 10.1. The molecule has 9 nitrogen and oxygen atoms in total. The lowest BCUT2D eigenvalue weighted by molar-refractivity contribution is -0.118. The molecule has 0 aliphatic heterocycles. The molecule has 0 aliphatic rings. The summed E-state index contributed by atoms with van der Waals surface area (Å²) in [7, 11) is 3.52. The number of anilines is 1. The molecule has 3 rings (SSSR count). The lowest BCUT2D eigenvalue weighted by Gasteiger charge is -2.15. The van der Waals surface area contributed by atoms with Gasteiger partial charge in [0.05, 0.1) is 30.4 Å². The Hall–Kier alpha value is -3.46. The molecule has 0 saturated heterocycles. The number of carbonyl (C=O) groups excluding carboxylic acids is 2. The van der Waals surface area contributed by atoms with E-state index < -0.39 is 12.0 Å². The van der Waals surface area contributed by atoms with Gasteiger partial charge in [-0.25, -0.2) is 9.48 Å². The maximum Gasteiger partial charge on any atom is 0.341 e. The van der Waals surface area contributed by atoms with Gasteiger partial charge in [0.15, 0.2) is 0 Å². The Morgan fingerprint density at radius 2 is 2.03 bits per heavy atom. The van der Waals surface area contributed by atoms with E-state index in [1.165, 1.54) is 6.20 Å². The molecule has 1 unspecified atom stereocenters. The first-order valence-corrected chi connectivity index (χ1v) is 9.23. The molecule has 29 heavy (non-hydrogen) atoms. The molecule has 2 aromatic heterocycles. The second-order valence-electron chi connectivity index (χ2n) is 6.48. The van der Waals surface area contributed by atoms with Crippen molar-refractivity contribution in [2.24, 2.45) is 7.05 Å². The fourth-order valence-corrected chi connectivity index (χ4v) is 3.05. The summed E-state index contributed by atoms with van der Waals surface area (Å²) in [6, 6.07) is 6.72. The van der Waals surface area contributed by atoms with Crippen molar-refractivity contribution in [3.8, 4) is 5.69 Å². The number of esters is 1. The molecule has 0 bridgehead atoms. The molecular formula is C20H24N6O3. The van der Waals surface area contributed by atoms with E-state index in [0.717, 1.165) is 11.3 Å². The van der Waals surface area contributed by atoms with Crippen molar-refractivity contribution in [3.63, 3.8) is 0 Å². The highest BCUT2D eigenvalue weighted by Crippen LogP contribution is 2.20. The molecule has 0 aliphatic carbocycles. The minimum atomic E-state index is -0.533. The SMILES string of the molecule is CCOC(=O)c1cnn(-c2cccc(NC(=O)C(NC)c3cnn(C)c3)c2)c1C. The van der Waals surface area contributed by atoms with Gasteiger partial charge in [-0.15, -0.1) is 0 Å². The number of carbonyl (C=O) groups is 2. The number of aromatic nitrogens is 4. The number of nitrogens with one attached hydrogen (secondary N) is 2. The summed E-state index contributed by atoms with van der Waals surface area (Å²) in [5, 5.41) is 14.3. The van der Waals surface area contributed by atoms with Crippen molar-refractivity contribution < 1.29 is 14.3 Å². The molecule has 9 heteroatoms. The average Bonchev–Trinajstić information content (AvgIpc) is 3.28. The summed E-state index contributed by atoms with van der Waals surface area (Å²) in [6.07, 6.45) is 4.93. The van der Waals surface area contributed by atoms with Gasteiger partial charge in [0.1, 0.15) is 11.6 Å². The zero-order valence-electron chi connectivity index (χ0n) is 16.8. The van der Waals surface area contributed by atoms with E-state index >= 15 is 0 Å². The maximum atomic E-state index is 12.7. The standard InChI is InChI=1S/C20H24N6O3/c1-5-29-20(28)17-11-23-26(13(17)2)16-8-6-7-15(9-16)24-19(27)18(21-3)14-10-22-25(4)12-14/h6-12,18,21H,5H2,1-4H3,(H,24,27). The summed E-state index contributed by atoms with van der Waals surface area (Å²) in [5.41, 5.74) is 3.18. The van der Waals surface area contributed by atoms with Gasteiger partial charge >= 0.3 is 5.97 Å². The maximum absolute atomic E-state index is 12.7. The predicted molar refractivity (Wildman–Crippen MR) is 108 cm³/mol. The van der Waals surface area contributed by atoms with E-state index in [2.05, 4.69) is 20.8 Å². The molecule has 1 amide bonds. The fourth-order valence-electron chi connectivity index (χ4n) is 3.05. The van der Waals surface area contributed by atoms with Crippen molar-refractivity contribution in [2.75, 3.05) is 19.0 Å². The van der Waals surface area contributed by atoms with Gasteiger partial charge < -0.3 is 15.4 Å². The quantitative estimate of drug-likeness (QED) is 0.592. The number of ether oxygens (including phenoxy) is 1. The first kappa shape index (κ1) is 20.3. The molecular weight excluding hydrogens is 372 g/mol. The number of likely N-dealkylation sites (N-methyl/N-ethyl adjacent to an activating group) is 1. The lowest BCUT2D eigenvalue weighted by Crippen LogP contribution is -2.30. The molecule has 0 radical (unpaired) electrons. The highest BCUT2D eigenvalue weighted by Gasteiger charge is 2.21. The molecule has 0 spiro atoms.